The van der Waals surface area contributed by atoms with Gasteiger partial charge in [0, 0.05) is 6.54 Å². The summed E-state index contributed by atoms with van der Waals surface area (Å²) >= 11 is 0. The zero-order chi connectivity index (χ0) is 12.7. The van der Waals surface area contributed by atoms with Crippen LogP contribution < -0.4 is 0 Å². The monoisotopic (exact) mass is 243 g/mol. The van der Waals surface area contributed by atoms with Crippen LogP contribution in [0.4, 0.5) is 0 Å². The molecule has 0 radical (unpaired) electrons. The van der Waals surface area contributed by atoms with Crippen LogP contribution in [0.25, 0.3) is 0 Å². The van der Waals surface area contributed by atoms with E-state index < -0.39 is 0 Å². The molecule has 1 aliphatic heterocycles. The Morgan fingerprint density at radius 3 is 2.29 bits per heavy atom. The molecule has 1 saturated heterocycles. The molecular weight excluding hydrogens is 214 g/mol. The molecule has 0 aromatic heterocycles. The van der Waals surface area contributed by atoms with E-state index in [1.54, 1.807) is 0 Å². The van der Waals surface area contributed by atoms with Crippen molar-refractivity contribution in [3.8, 4) is 0 Å². The number of hydrogen-bond acceptors (Lipinski definition) is 3. The first-order valence-electron chi connectivity index (χ1n) is 7.08. The Morgan fingerprint density at radius 2 is 1.76 bits per heavy atom. The summed E-state index contributed by atoms with van der Waals surface area (Å²) in [6.07, 6.45) is 5.85. The van der Waals surface area contributed by atoms with Crippen LogP contribution in [0.3, 0.4) is 0 Å². The lowest BCUT2D eigenvalue weighted by Crippen LogP contribution is -2.37. The van der Waals surface area contributed by atoms with Gasteiger partial charge in [-0.1, -0.05) is 19.8 Å². The molecular formula is C14H29NO2. The van der Waals surface area contributed by atoms with Crippen molar-refractivity contribution in [2.45, 2.75) is 64.6 Å². The van der Waals surface area contributed by atoms with Gasteiger partial charge in [0.1, 0.15) is 0 Å². The van der Waals surface area contributed by atoms with E-state index >= 15 is 0 Å². The third-order valence-corrected chi connectivity index (χ3v) is 3.69. The minimum atomic E-state index is -0.348. The first-order valence-corrected chi connectivity index (χ1v) is 7.08. The number of ether oxygens (including phenoxy) is 1. The van der Waals surface area contributed by atoms with Gasteiger partial charge in [-0.15, -0.1) is 0 Å². The SMILES string of the molecule is CCC(C)(C)OCC(O)CN1CCCCCC1. The molecule has 0 saturated carbocycles. The molecule has 1 unspecified atom stereocenters. The molecule has 1 fully saturated rings. The molecule has 0 spiro atoms. The van der Waals surface area contributed by atoms with Crippen molar-refractivity contribution < 1.29 is 9.84 Å². The molecule has 17 heavy (non-hydrogen) atoms. The highest BCUT2D eigenvalue weighted by atomic mass is 16.5. The summed E-state index contributed by atoms with van der Waals surface area (Å²) in [4.78, 5) is 2.37. The fourth-order valence-electron chi connectivity index (χ4n) is 2.09. The summed E-state index contributed by atoms with van der Waals surface area (Å²) in [6.45, 7) is 9.75. The van der Waals surface area contributed by atoms with Crippen molar-refractivity contribution >= 4 is 0 Å². The van der Waals surface area contributed by atoms with Gasteiger partial charge in [-0.25, -0.2) is 0 Å². The molecule has 1 N–H and O–H groups in total. The first kappa shape index (κ1) is 14.9. The maximum absolute atomic E-state index is 9.99. The highest BCUT2D eigenvalue weighted by Crippen LogP contribution is 2.14. The Hall–Kier alpha value is -0.120. The van der Waals surface area contributed by atoms with Crippen molar-refractivity contribution in [3.05, 3.63) is 0 Å². The van der Waals surface area contributed by atoms with Crippen molar-refractivity contribution in [3.63, 3.8) is 0 Å². The molecule has 3 heteroatoms. The summed E-state index contributed by atoms with van der Waals surface area (Å²) in [7, 11) is 0. The minimum absolute atomic E-state index is 0.111. The smallest absolute Gasteiger partial charge is 0.0900 e. The number of likely N-dealkylation sites (tertiary alicyclic amines) is 1. The number of β-amino-alcohol motifs (C(OH)–C–C–N with tert-alkyl or cyclic N) is 1. The van der Waals surface area contributed by atoms with Crippen LogP contribution in [0.1, 0.15) is 52.9 Å². The molecule has 0 aromatic rings. The van der Waals surface area contributed by atoms with E-state index in [9.17, 15) is 5.11 Å². The van der Waals surface area contributed by atoms with Crippen molar-refractivity contribution in [1.82, 2.24) is 4.90 Å². The molecule has 1 atom stereocenters. The van der Waals surface area contributed by atoms with Crippen molar-refractivity contribution in [1.29, 1.82) is 0 Å². The van der Waals surface area contributed by atoms with Crippen LogP contribution in [0.15, 0.2) is 0 Å². The first-order chi connectivity index (χ1) is 8.03. The predicted octanol–water partition coefficient (Wildman–Crippen LogP) is 2.43. The average Bonchev–Trinajstić information content (AvgIpc) is 2.55. The maximum Gasteiger partial charge on any atom is 0.0900 e. The molecule has 1 heterocycles. The molecule has 0 aliphatic carbocycles. The third-order valence-electron chi connectivity index (χ3n) is 3.69. The number of aliphatic hydroxyl groups is 1. The molecule has 0 bridgehead atoms. The van der Waals surface area contributed by atoms with Gasteiger partial charge in [0.15, 0.2) is 0 Å². The van der Waals surface area contributed by atoms with Gasteiger partial charge in [-0.3, -0.25) is 0 Å². The molecule has 102 valence electrons. The molecule has 1 rings (SSSR count). The van der Waals surface area contributed by atoms with Gasteiger partial charge in [-0.05, 0) is 46.2 Å². The van der Waals surface area contributed by atoms with Gasteiger partial charge in [-0.2, -0.15) is 0 Å². The quantitative estimate of drug-likeness (QED) is 0.777. The van der Waals surface area contributed by atoms with Crippen molar-refractivity contribution in [2.75, 3.05) is 26.2 Å². The highest BCUT2D eigenvalue weighted by Gasteiger charge is 2.19. The Kier molecular flexibility index (Phi) is 6.45. The zero-order valence-corrected chi connectivity index (χ0v) is 11.7. The van der Waals surface area contributed by atoms with Crippen LogP contribution in [0, 0.1) is 0 Å². The number of nitrogens with zero attached hydrogens (tertiary/aromatic N) is 1. The van der Waals surface area contributed by atoms with Gasteiger partial charge in [0.05, 0.1) is 18.3 Å². The number of aliphatic hydroxyl groups excluding tert-OH is 1. The Balaban J connectivity index is 2.21. The lowest BCUT2D eigenvalue weighted by molar-refractivity contribution is -0.0670. The molecule has 3 nitrogen and oxygen atoms in total. The third kappa shape index (κ3) is 6.39. The molecule has 0 amide bonds. The largest absolute Gasteiger partial charge is 0.389 e. The second kappa shape index (κ2) is 7.34. The van der Waals surface area contributed by atoms with E-state index in [4.69, 9.17) is 4.74 Å². The lowest BCUT2D eigenvalue weighted by atomic mass is 10.1. The molecule has 1 aliphatic rings. The summed E-state index contributed by atoms with van der Waals surface area (Å²) in [6, 6.07) is 0. The van der Waals surface area contributed by atoms with E-state index in [2.05, 4.69) is 25.7 Å². The van der Waals surface area contributed by atoms with Crippen LogP contribution in [-0.4, -0.2) is 48.0 Å². The second-order valence-electron chi connectivity index (χ2n) is 5.79. The van der Waals surface area contributed by atoms with Crippen LogP contribution >= 0.6 is 0 Å². The fraction of sp³-hybridized carbons (Fsp3) is 1.00. The van der Waals surface area contributed by atoms with Gasteiger partial charge in [0.25, 0.3) is 0 Å². The summed E-state index contributed by atoms with van der Waals surface area (Å²) < 4.78 is 5.74. The minimum Gasteiger partial charge on any atom is -0.389 e. The second-order valence-corrected chi connectivity index (χ2v) is 5.79. The van der Waals surface area contributed by atoms with Crippen molar-refractivity contribution in [2.24, 2.45) is 0 Å². The number of rotatable bonds is 6. The lowest BCUT2D eigenvalue weighted by Gasteiger charge is -2.28. The van der Waals surface area contributed by atoms with Crippen LogP contribution in [-0.2, 0) is 4.74 Å². The van der Waals surface area contributed by atoms with Gasteiger partial charge in [0.2, 0.25) is 0 Å². The molecule has 0 aromatic carbocycles. The van der Waals surface area contributed by atoms with Crippen LogP contribution in [0.2, 0.25) is 0 Å². The van der Waals surface area contributed by atoms with Crippen LogP contribution in [0.5, 0.6) is 0 Å². The predicted molar refractivity (Wildman–Crippen MR) is 71.2 cm³/mol. The fourth-order valence-corrected chi connectivity index (χ4v) is 2.09. The van der Waals surface area contributed by atoms with E-state index in [1.807, 2.05) is 0 Å². The zero-order valence-electron chi connectivity index (χ0n) is 11.7. The normalized spacial score (nSPS) is 21.2. The summed E-state index contributed by atoms with van der Waals surface area (Å²) in [5, 5.41) is 9.99. The standard InChI is InChI=1S/C14H29NO2/c1-4-14(2,3)17-12-13(16)11-15-9-7-5-6-8-10-15/h13,16H,4-12H2,1-3H3. The Labute approximate surface area is 106 Å². The van der Waals surface area contributed by atoms with E-state index in [-0.39, 0.29) is 11.7 Å². The van der Waals surface area contributed by atoms with Gasteiger partial charge >= 0.3 is 0 Å². The number of hydrogen-bond donors (Lipinski definition) is 1. The topological polar surface area (TPSA) is 32.7 Å². The van der Waals surface area contributed by atoms with E-state index in [1.165, 1.54) is 25.7 Å². The maximum atomic E-state index is 9.99. The van der Waals surface area contributed by atoms with Gasteiger partial charge < -0.3 is 14.7 Å². The van der Waals surface area contributed by atoms with E-state index in [0.717, 1.165) is 26.1 Å². The highest BCUT2D eigenvalue weighted by molar-refractivity contribution is 4.70. The average molecular weight is 243 g/mol. The van der Waals surface area contributed by atoms with E-state index in [0.29, 0.717) is 6.61 Å². The Bertz CT molecular complexity index is 198. The summed E-state index contributed by atoms with van der Waals surface area (Å²) in [5.41, 5.74) is -0.111. The Morgan fingerprint density at radius 1 is 1.18 bits per heavy atom. The summed E-state index contributed by atoms with van der Waals surface area (Å²) in [5.74, 6) is 0.